The molecule has 0 spiro atoms. The highest BCUT2D eigenvalue weighted by Gasteiger charge is 2.17. The van der Waals surface area contributed by atoms with Crippen LogP contribution in [-0.4, -0.2) is 46.6 Å². The number of carbonyl (C=O) groups excluding carboxylic acids is 1. The minimum absolute atomic E-state index is 0.0412. The zero-order chi connectivity index (χ0) is 27.4. The first kappa shape index (κ1) is 27.1. The summed E-state index contributed by atoms with van der Waals surface area (Å²) in [5, 5.41) is 3.35. The predicted molar refractivity (Wildman–Crippen MR) is 153 cm³/mol. The Labute approximate surface area is 224 Å². The molecule has 0 aliphatic carbocycles. The Bertz CT molecular complexity index is 1510. The summed E-state index contributed by atoms with van der Waals surface area (Å²) in [4.78, 5) is 33.8. The van der Waals surface area contributed by atoms with Gasteiger partial charge in [-0.15, -0.1) is 0 Å². The van der Waals surface area contributed by atoms with Gasteiger partial charge in [0.15, 0.2) is 0 Å². The van der Waals surface area contributed by atoms with Gasteiger partial charge in [0.2, 0.25) is 5.91 Å². The molecule has 198 valence electrons. The van der Waals surface area contributed by atoms with Crippen molar-refractivity contribution in [3.05, 3.63) is 82.6 Å². The van der Waals surface area contributed by atoms with Crippen molar-refractivity contribution in [1.29, 1.82) is 0 Å². The molecule has 0 fully saturated rings. The van der Waals surface area contributed by atoms with Crippen molar-refractivity contribution in [2.24, 2.45) is 0 Å². The van der Waals surface area contributed by atoms with Crippen LogP contribution < -0.4 is 15.6 Å². The molecule has 4 aromatic rings. The summed E-state index contributed by atoms with van der Waals surface area (Å²) in [6.45, 7) is 8.83. The first-order valence-electron chi connectivity index (χ1n) is 12.9. The third kappa shape index (κ3) is 6.11. The average Bonchev–Trinajstić information content (AvgIpc) is 2.89. The van der Waals surface area contributed by atoms with E-state index < -0.39 is 0 Å². The second kappa shape index (κ2) is 11.6. The van der Waals surface area contributed by atoms with E-state index in [4.69, 9.17) is 9.72 Å². The molecule has 1 N–H and O–H groups in total. The summed E-state index contributed by atoms with van der Waals surface area (Å²) in [5.74, 6) is 0.825. The molecule has 0 atom stereocenters. The molecule has 1 amide bonds. The highest BCUT2D eigenvalue weighted by Crippen LogP contribution is 2.27. The average molecular weight is 513 g/mol. The van der Waals surface area contributed by atoms with Gasteiger partial charge in [0.1, 0.15) is 18.1 Å². The maximum Gasteiger partial charge on any atom is 0.262 e. The summed E-state index contributed by atoms with van der Waals surface area (Å²) in [5.41, 5.74) is 4.18. The van der Waals surface area contributed by atoms with Crippen LogP contribution in [0.5, 0.6) is 5.75 Å². The summed E-state index contributed by atoms with van der Waals surface area (Å²) in [6, 6.07) is 21.9. The van der Waals surface area contributed by atoms with Gasteiger partial charge in [-0.25, -0.2) is 4.98 Å². The molecule has 0 saturated heterocycles. The Balaban J connectivity index is 1.83. The lowest BCUT2D eigenvalue weighted by Gasteiger charge is -2.21. The van der Waals surface area contributed by atoms with Gasteiger partial charge in [-0.2, -0.15) is 0 Å². The number of amides is 1. The maximum atomic E-state index is 13.9. The molecule has 0 aliphatic rings. The van der Waals surface area contributed by atoms with Crippen LogP contribution in [0.4, 0.5) is 0 Å². The van der Waals surface area contributed by atoms with Crippen molar-refractivity contribution < 1.29 is 9.53 Å². The minimum atomic E-state index is -0.260. The number of aromatic nitrogens is 2. The first-order chi connectivity index (χ1) is 18.2. The third-order valence-electron chi connectivity index (χ3n) is 6.61. The van der Waals surface area contributed by atoms with Crippen LogP contribution in [-0.2, 0) is 17.9 Å². The van der Waals surface area contributed by atoms with Gasteiger partial charge in [0.25, 0.3) is 5.56 Å². The fourth-order valence-electron chi connectivity index (χ4n) is 4.36. The minimum Gasteiger partial charge on any atom is -0.497 e. The van der Waals surface area contributed by atoms with Crippen LogP contribution in [0.2, 0.25) is 0 Å². The zero-order valence-electron chi connectivity index (χ0n) is 23.0. The lowest BCUT2D eigenvalue weighted by atomic mass is 10.0. The van der Waals surface area contributed by atoms with Crippen LogP contribution in [0.15, 0.2) is 71.5 Å². The van der Waals surface area contributed by atoms with Gasteiger partial charge in [0, 0.05) is 24.2 Å². The Hall–Kier alpha value is -3.97. The monoisotopic (exact) mass is 512 g/mol. The van der Waals surface area contributed by atoms with Gasteiger partial charge < -0.3 is 10.1 Å². The topological polar surface area (TPSA) is 76.5 Å². The summed E-state index contributed by atoms with van der Waals surface area (Å²) in [6.07, 6.45) is 0. The SMILES string of the molecule is COc1cccc(-c2nc3ccc(-c4cccc(CN(C)C(C)C)c4)cc3c(=O)n2CC(=O)NC(C)C)c1. The number of methoxy groups -OCH3 is 1. The zero-order valence-corrected chi connectivity index (χ0v) is 23.0. The van der Waals surface area contributed by atoms with E-state index in [0.717, 1.165) is 17.7 Å². The van der Waals surface area contributed by atoms with Crippen molar-refractivity contribution >= 4 is 16.8 Å². The number of hydrogen-bond donors (Lipinski definition) is 1. The molecule has 0 aliphatic heterocycles. The van der Waals surface area contributed by atoms with E-state index in [1.54, 1.807) is 7.11 Å². The number of carbonyl (C=O) groups is 1. The Morgan fingerprint density at radius 2 is 1.68 bits per heavy atom. The smallest absolute Gasteiger partial charge is 0.262 e. The molecule has 3 aromatic carbocycles. The Morgan fingerprint density at radius 3 is 2.39 bits per heavy atom. The van der Waals surface area contributed by atoms with E-state index in [9.17, 15) is 9.59 Å². The fraction of sp³-hybridized carbons (Fsp3) is 0.323. The van der Waals surface area contributed by atoms with Crippen molar-refractivity contribution in [2.45, 2.75) is 52.9 Å². The van der Waals surface area contributed by atoms with Crippen LogP contribution in [0.3, 0.4) is 0 Å². The van der Waals surface area contributed by atoms with E-state index in [1.165, 1.54) is 10.1 Å². The van der Waals surface area contributed by atoms with Crippen molar-refractivity contribution in [3.63, 3.8) is 0 Å². The predicted octanol–water partition coefficient (Wildman–Crippen LogP) is 5.10. The Kier molecular flexibility index (Phi) is 8.27. The van der Waals surface area contributed by atoms with Crippen molar-refractivity contribution in [3.8, 4) is 28.3 Å². The van der Waals surface area contributed by atoms with Gasteiger partial charge in [-0.1, -0.05) is 36.4 Å². The molecular weight excluding hydrogens is 476 g/mol. The third-order valence-corrected chi connectivity index (χ3v) is 6.61. The maximum absolute atomic E-state index is 13.9. The second-order valence-electron chi connectivity index (χ2n) is 10.2. The fourth-order valence-corrected chi connectivity index (χ4v) is 4.36. The molecule has 7 nitrogen and oxygen atoms in total. The molecule has 0 saturated carbocycles. The van der Waals surface area contributed by atoms with Gasteiger partial charge in [-0.05, 0) is 81.8 Å². The summed E-state index contributed by atoms with van der Waals surface area (Å²) >= 11 is 0. The molecule has 4 rings (SSSR count). The van der Waals surface area contributed by atoms with Crippen LogP contribution in [0, 0.1) is 0 Å². The van der Waals surface area contributed by atoms with E-state index >= 15 is 0 Å². The molecule has 7 heteroatoms. The second-order valence-corrected chi connectivity index (χ2v) is 10.2. The highest BCUT2D eigenvalue weighted by atomic mass is 16.5. The number of nitrogens with one attached hydrogen (secondary N) is 1. The first-order valence-corrected chi connectivity index (χ1v) is 12.9. The number of rotatable bonds is 9. The Morgan fingerprint density at radius 1 is 0.974 bits per heavy atom. The number of fused-ring (bicyclic) bond motifs is 1. The normalized spacial score (nSPS) is 11.5. The number of nitrogens with zero attached hydrogens (tertiary/aromatic N) is 3. The largest absolute Gasteiger partial charge is 0.497 e. The van der Waals surface area contributed by atoms with Crippen LogP contribution >= 0.6 is 0 Å². The van der Waals surface area contributed by atoms with Crippen molar-refractivity contribution in [1.82, 2.24) is 19.8 Å². The molecule has 0 bridgehead atoms. The standard InChI is InChI=1S/C31H36N4O3/c1-20(2)32-29(36)19-35-30(25-11-8-12-26(16-25)38-6)33-28-14-13-24(17-27(28)31(35)37)23-10-7-9-22(15-23)18-34(5)21(3)4/h7-17,20-21H,18-19H2,1-6H3,(H,32,36). The highest BCUT2D eigenvalue weighted by molar-refractivity contribution is 5.86. The van der Waals surface area contributed by atoms with Gasteiger partial charge in [-0.3, -0.25) is 19.1 Å². The molecule has 0 unspecified atom stereocenters. The van der Waals surface area contributed by atoms with E-state index in [1.807, 2.05) is 68.4 Å². The number of ether oxygens (including phenoxy) is 1. The van der Waals surface area contributed by atoms with Gasteiger partial charge >= 0.3 is 0 Å². The number of hydrogen-bond acceptors (Lipinski definition) is 5. The molecule has 0 radical (unpaired) electrons. The lowest BCUT2D eigenvalue weighted by molar-refractivity contribution is -0.122. The lowest BCUT2D eigenvalue weighted by Crippen LogP contribution is -2.37. The van der Waals surface area contributed by atoms with Crippen LogP contribution in [0.25, 0.3) is 33.4 Å². The van der Waals surface area contributed by atoms with Crippen molar-refractivity contribution in [2.75, 3.05) is 14.2 Å². The van der Waals surface area contributed by atoms with Crippen LogP contribution in [0.1, 0.15) is 33.3 Å². The van der Waals surface area contributed by atoms with Gasteiger partial charge in [0.05, 0.1) is 18.0 Å². The van der Waals surface area contributed by atoms with E-state index in [0.29, 0.717) is 34.1 Å². The quantitative estimate of drug-likeness (QED) is 0.338. The van der Waals surface area contributed by atoms with E-state index in [2.05, 4.69) is 43.2 Å². The number of benzene rings is 3. The van der Waals surface area contributed by atoms with E-state index in [-0.39, 0.29) is 24.1 Å². The molecular formula is C31H36N4O3. The summed E-state index contributed by atoms with van der Waals surface area (Å²) in [7, 11) is 3.70. The molecule has 38 heavy (non-hydrogen) atoms. The summed E-state index contributed by atoms with van der Waals surface area (Å²) < 4.78 is 6.83. The molecule has 1 aromatic heterocycles. The molecule has 1 heterocycles.